The first kappa shape index (κ1) is 16.0. The van der Waals surface area contributed by atoms with Gasteiger partial charge in [-0.1, -0.05) is 13.8 Å². The summed E-state index contributed by atoms with van der Waals surface area (Å²) in [6.07, 6.45) is 4.63. The molecular formula is C14H25NO4. The molecule has 1 aliphatic heterocycles. The minimum atomic E-state index is -0.856. The lowest BCUT2D eigenvalue weighted by Gasteiger charge is -2.22. The molecule has 2 N–H and O–H groups in total. The highest BCUT2D eigenvalue weighted by atomic mass is 16.5. The van der Waals surface area contributed by atoms with E-state index >= 15 is 0 Å². The van der Waals surface area contributed by atoms with Gasteiger partial charge in [0.05, 0.1) is 12.0 Å². The number of rotatable bonds is 7. The third-order valence-corrected chi connectivity index (χ3v) is 3.61. The molecule has 0 aliphatic carbocycles. The maximum atomic E-state index is 11.7. The lowest BCUT2D eigenvalue weighted by molar-refractivity contribution is -0.143. The van der Waals surface area contributed by atoms with Crippen LogP contribution in [0.25, 0.3) is 0 Å². The van der Waals surface area contributed by atoms with E-state index in [0.29, 0.717) is 6.42 Å². The van der Waals surface area contributed by atoms with Crippen molar-refractivity contribution < 1.29 is 19.4 Å². The lowest BCUT2D eigenvalue weighted by atomic mass is 9.96. The van der Waals surface area contributed by atoms with Crippen LogP contribution in [0, 0.1) is 11.8 Å². The Morgan fingerprint density at radius 2 is 2.11 bits per heavy atom. The predicted molar refractivity (Wildman–Crippen MR) is 71.8 cm³/mol. The maximum Gasteiger partial charge on any atom is 0.308 e. The average molecular weight is 271 g/mol. The van der Waals surface area contributed by atoms with Crippen molar-refractivity contribution in [1.29, 1.82) is 0 Å². The number of carboxylic acid groups (broad SMARTS) is 1. The summed E-state index contributed by atoms with van der Waals surface area (Å²) in [4.78, 5) is 22.7. The summed E-state index contributed by atoms with van der Waals surface area (Å²) in [5.74, 6) is -1.44. The van der Waals surface area contributed by atoms with Gasteiger partial charge >= 0.3 is 5.97 Å². The van der Waals surface area contributed by atoms with Crippen LogP contribution >= 0.6 is 0 Å². The number of aliphatic carboxylic acids is 1. The SMILES string of the molecule is CC(C)C(CNC(=O)CCC1CCCCO1)C(=O)O. The highest BCUT2D eigenvalue weighted by Crippen LogP contribution is 2.17. The lowest BCUT2D eigenvalue weighted by Crippen LogP contribution is -2.36. The van der Waals surface area contributed by atoms with E-state index in [4.69, 9.17) is 9.84 Å². The van der Waals surface area contributed by atoms with E-state index in [-0.39, 0.29) is 24.5 Å². The van der Waals surface area contributed by atoms with E-state index in [1.165, 1.54) is 6.42 Å². The van der Waals surface area contributed by atoms with Gasteiger partial charge in [0.15, 0.2) is 0 Å². The molecule has 1 saturated heterocycles. The maximum absolute atomic E-state index is 11.7. The van der Waals surface area contributed by atoms with Crippen LogP contribution in [0.3, 0.4) is 0 Å². The minimum absolute atomic E-state index is 0.0134. The molecule has 0 aromatic carbocycles. The molecule has 0 bridgehead atoms. The van der Waals surface area contributed by atoms with E-state index < -0.39 is 11.9 Å². The first-order valence-corrected chi connectivity index (χ1v) is 7.11. The first-order chi connectivity index (χ1) is 9.00. The quantitative estimate of drug-likeness (QED) is 0.740. The summed E-state index contributed by atoms with van der Waals surface area (Å²) in [7, 11) is 0. The van der Waals surface area contributed by atoms with Crippen molar-refractivity contribution in [1.82, 2.24) is 5.32 Å². The Balaban J connectivity index is 2.21. The van der Waals surface area contributed by atoms with E-state index in [0.717, 1.165) is 25.9 Å². The van der Waals surface area contributed by atoms with Gasteiger partial charge in [0, 0.05) is 19.6 Å². The zero-order chi connectivity index (χ0) is 14.3. The monoisotopic (exact) mass is 271 g/mol. The van der Waals surface area contributed by atoms with Gasteiger partial charge in [-0.2, -0.15) is 0 Å². The summed E-state index contributed by atoms with van der Waals surface area (Å²) in [5, 5.41) is 11.7. The Hall–Kier alpha value is -1.10. The predicted octanol–water partition coefficient (Wildman–Crippen LogP) is 1.81. The second-order valence-electron chi connectivity index (χ2n) is 5.52. The molecule has 0 aromatic heterocycles. The number of carbonyl (C=O) groups excluding carboxylic acids is 1. The van der Waals surface area contributed by atoms with E-state index in [1.807, 2.05) is 13.8 Å². The molecule has 5 nitrogen and oxygen atoms in total. The van der Waals surface area contributed by atoms with Crippen molar-refractivity contribution in [3.05, 3.63) is 0 Å². The molecule has 19 heavy (non-hydrogen) atoms. The van der Waals surface area contributed by atoms with Gasteiger partial charge in [-0.25, -0.2) is 0 Å². The topological polar surface area (TPSA) is 75.6 Å². The van der Waals surface area contributed by atoms with E-state index in [1.54, 1.807) is 0 Å². The Labute approximate surface area is 114 Å². The number of hydrogen-bond acceptors (Lipinski definition) is 3. The minimum Gasteiger partial charge on any atom is -0.481 e. The van der Waals surface area contributed by atoms with Gasteiger partial charge in [-0.05, 0) is 31.6 Å². The number of amides is 1. The van der Waals surface area contributed by atoms with Crippen molar-refractivity contribution in [2.24, 2.45) is 11.8 Å². The molecule has 1 aliphatic rings. The summed E-state index contributed by atoms with van der Waals surface area (Å²) < 4.78 is 5.56. The smallest absolute Gasteiger partial charge is 0.308 e. The van der Waals surface area contributed by atoms with Crippen molar-refractivity contribution in [2.75, 3.05) is 13.2 Å². The summed E-state index contributed by atoms with van der Waals surface area (Å²) in [6, 6.07) is 0. The zero-order valence-electron chi connectivity index (χ0n) is 11.9. The molecule has 1 heterocycles. The molecule has 0 radical (unpaired) electrons. The van der Waals surface area contributed by atoms with Gasteiger partial charge in [-0.3, -0.25) is 9.59 Å². The number of carboxylic acids is 1. The van der Waals surface area contributed by atoms with Crippen molar-refractivity contribution in [3.8, 4) is 0 Å². The first-order valence-electron chi connectivity index (χ1n) is 7.11. The van der Waals surface area contributed by atoms with E-state index in [2.05, 4.69) is 5.32 Å². The largest absolute Gasteiger partial charge is 0.481 e. The molecule has 2 atom stereocenters. The van der Waals surface area contributed by atoms with Crippen molar-refractivity contribution >= 4 is 11.9 Å². The molecule has 2 unspecified atom stereocenters. The Morgan fingerprint density at radius 1 is 1.37 bits per heavy atom. The number of nitrogens with one attached hydrogen (secondary N) is 1. The van der Waals surface area contributed by atoms with Gasteiger partial charge in [0.1, 0.15) is 0 Å². The molecule has 0 spiro atoms. The number of carbonyl (C=O) groups is 2. The molecule has 0 saturated carbocycles. The molecule has 110 valence electrons. The fourth-order valence-electron chi connectivity index (χ4n) is 2.25. The van der Waals surface area contributed by atoms with E-state index in [9.17, 15) is 9.59 Å². The molecule has 0 aromatic rings. The molecular weight excluding hydrogens is 246 g/mol. The van der Waals surface area contributed by atoms with Crippen LogP contribution in [0.4, 0.5) is 0 Å². The molecule has 1 rings (SSSR count). The fraction of sp³-hybridized carbons (Fsp3) is 0.857. The second kappa shape index (κ2) is 8.15. The van der Waals surface area contributed by atoms with Gasteiger partial charge in [-0.15, -0.1) is 0 Å². The number of hydrogen-bond donors (Lipinski definition) is 2. The average Bonchev–Trinajstić information content (AvgIpc) is 2.37. The summed E-state index contributed by atoms with van der Waals surface area (Å²) >= 11 is 0. The highest BCUT2D eigenvalue weighted by Gasteiger charge is 2.22. The normalized spacial score (nSPS) is 21.1. The highest BCUT2D eigenvalue weighted by molar-refractivity contribution is 5.77. The Kier molecular flexibility index (Phi) is 6.84. The second-order valence-corrected chi connectivity index (χ2v) is 5.52. The van der Waals surface area contributed by atoms with Crippen LogP contribution < -0.4 is 5.32 Å². The van der Waals surface area contributed by atoms with Crippen LogP contribution in [0.5, 0.6) is 0 Å². The van der Waals surface area contributed by atoms with Crippen LogP contribution in [0.15, 0.2) is 0 Å². The van der Waals surface area contributed by atoms with Crippen molar-refractivity contribution in [3.63, 3.8) is 0 Å². The Morgan fingerprint density at radius 3 is 2.63 bits per heavy atom. The number of ether oxygens (including phenoxy) is 1. The van der Waals surface area contributed by atoms with Crippen LogP contribution in [0.2, 0.25) is 0 Å². The fourth-order valence-corrected chi connectivity index (χ4v) is 2.25. The third kappa shape index (κ3) is 6.05. The van der Waals surface area contributed by atoms with Gasteiger partial charge in [0.2, 0.25) is 5.91 Å². The van der Waals surface area contributed by atoms with Crippen LogP contribution in [-0.4, -0.2) is 36.2 Å². The summed E-state index contributed by atoms with van der Waals surface area (Å²) in [5.41, 5.74) is 0. The van der Waals surface area contributed by atoms with Crippen LogP contribution in [0.1, 0.15) is 46.0 Å². The van der Waals surface area contributed by atoms with Crippen molar-refractivity contribution in [2.45, 2.75) is 52.1 Å². The van der Waals surface area contributed by atoms with Gasteiger partial charge < -0.3 is 15.2 Å². The molecule has 5 heteroatoms. The third-order valence-electron chi connectivity index (χ3n) is 3.61. The zero-order valence-corrected chi connectivity index (χ0v) is 11.9. The molecule has 1 amide bonds. The van der Waals surface area contributed by atoms with Gasteiger partial charge in [0.25, 0.3) is 0 Å². The standard InChI is InChI=1S/C14H25NO4/c1-10(2)12(14(17)18)9-15-13(16)7-6-11-5-3-4-8-19-11/h10-12H,3-9H2,1-2H3,(H,15,16)(H,17,18). The molecule has 1 fully saturated rings. The Bertz CT molecular complexity index is 298. The summed E-state index contributed by atoms with van der Waals surface area (Å²) in [6.45, 7) is 4.69. The van der Waals surface area contributed by atoms with Crippen LogP contribution in [-0.2, 0) is 14.3 Å².